The molecule has 0 fully saturated rings. The number of rotatable bonds is 5. The van der Waals surface area contributed by atoms with Gasteiger partial charge in [-0.2, -0.15) is 5.10 Å². The highest BCUT2D eigenvalue weighted by molar-refractivity contribution is 7.90. The van der Waals surface area contributed by atoms with Gasteiger partial charge in [-0.15, -0.1) is 6.58 Å². The summed E-state index contributed by atoms with van der Waals surface area (Å²) in [7, 11) is -3.22. The minimum atomic E-state index is -3.22. The maximum Gasteiger partial charge on any atom is 0.175 e. The third-order valence-electron chi connectivity index (χ3n) is 4.40. The van der Waals surface area contributed by atoms with Gasteiger partial charge in [-0.05, 0) is 31.5 Å². The quantitative estimate of drug-likeness (QED) is 0.628. The van der Waals surface area contributed by atoms with Gasteiger partial charge >= 0.3 is 0 Å². The summed E-state index contributed by atoms with van der Waals surface area (Å²) >= 11 is 0. The Kier molecular flexibility index (Phi) is 4.83. The summed E-state index contributed by atoms with van der Waals surface area (Å²) < 4.78 is 25.3. The normalized spacial score (nSPS) is 11.5. The molecular weight excluding hydrogens is 344 g/mol. The van der Waals surface area contributed by atoms with E-state index in [4.69, 9.17) is 5.10 Å². The summed E-state index contributed by atoms with van der Waals surface area (Å²) in [5.74, 6) is 0. The van der Waals surface area contributed by atoms with E-state index in [0.717, 1.165) is 28.1 Å². The molecule has 0 aliphatic rings. The largest absolute Gasteiger partial charge is 0.265 e. The first-order chi connectivity index (χ1) is 12.3. The molecule has 0 N–H and O–H groups in total. The van der Waals surface area contributed by atoms with Crippen LogP contribution in [-0.4, -0.2) is 24.5 Å². The smallest absolute Gasteiger partial charge is 0.175 e. The molecule has 0 radical (unpaired) electrons. The van der Waals surface area contributed by atoms with Gasteiger partial charge in [0.2, 0.25) is 0 Å². The molecular formula is C21H22N2O2S. The van der Waals surface area contributed by atoms with E-state index in [-0.39, 0.29) is 0 Å². The second-order valence-corrected chi connectivity index (χ2v) is 8.46. The van der Waals surface area contributed by atoms with Crippen LogP contribution in [0.3, 0.4) is 0 Å². The van der Waals surface area contributed by atoms with Gasteiger partial charge in [0.25, 0.3) is 0 Å². The molecule has 0 atom stereocenters. The monoisotopic (exact) mass is 366 g/mol. The zero-order valence-corrected chi connectivity index (χ0v) is 16.0. The van der Waals surface area contributed by atoms with E-state index in [1.54, 1.807) is 12.1 Å². The number of aryl methyl sites for hydroxylation is 1. The zero-order valence-electron chi connectivity index (χ0n) is 15.2. The van der Waals surface area contributed by atoms with Gasteiger partial charge in [0.05, 0.1) is 11.4 Å². The van der Waals surface area contributed by atoms with Crippen LogP contribution in [-0.2, 0) is 16.4 Å². The lowest BCUT2D eigenvalue weighted by Gasteiger charge is -2.06. The first kappa shape index (κ1) is 18.1. The van der Waals surface area contributed by atoms with Crippen LogP contribution in [0.5, 0.6) is 0 Å². The lowest BCUT2D eigenvalue weighted by Crippen LogP contribution is -1.99. The summed E-state index contributed by atoms with van der Waals surface area (Å²) in [6.07, 6.45) is 3.03. The van der Waals surface area contributed by atoms with E-state index in [1.807, 2.05) is 29.8 Å². The highest BCUT2D eigenvalue weighted by Crippen LogP contribution is 2.34. The van der Waals surface area contributed by atoms with Crippen LogP contribution in [0.15, 0.2) is 66.1 Å². The van der Waals surface area contributed by atoms with Crippen molar-refractivity contribution in [2.45, 2.75) is 25.3 Å². The highest BCUT2D eigenvalue weighted by atomic mass is 32.2. The fourth-order valence-corrected chi connectivity index (χ4v) is 3.60. The van der Waals surface area contributed by atoms with Crippen LogP contribution in [0.1, 0.15) is 11.3 Å². The van der Waals surface area contributed by atoms with Crippen LogP contribution < -0.4 is 0 Å². The van der Waals surface area contributed by atoms with Crippen LogP contribution in [0, 0.1) is 13.8 Å². The van der Waals surface area contributed by atoms with E-state index >= 15 is 0 Å². The molecule has 3 rings (SSSR count). The molecule has 2 aromatic carbocycles. The Morgan fingerprint density at radius 1 is 1.00 bits per heavy atom. The highest BCUT2D eigenvalue weighted by Gasteiger charge is 2.18. The van der Waals surface area contributed by atoms with Crippen molar-refractivity contribution in [2.75, 3.05) is 6.26 Å². The predicted octanol–water partition coefficient (Wildman–Crippen LogP) is 4.42. The van der Waals surface area contributed by atoms with E-state index in [1.165, 1.54) is 11.8 Å². The minimum Gasteiger partial charge on any atom is -0.265 e. The Bertz CT molecular complexity index is 1040. The molecule has 0 saturated carbocycles. The van der Waals surface area contributed by atoms with Gasteiger partial charge in [-0.3, -0.25) is 4.68 Å². The molecule has 0 spiro atoms. The van der Waals surface area contributed by atoms with Gasteiger partial charge < -0.3 is 0 Å². The molecule has 3 aromatic rings. The number of benzene rings is 2. The number of aromatic nitrogens is 2. The lowest BCUT2D eigenvalue weighted by molar-refractivity contribution is 0.602. The number of hydrogen-bond donors (Lipinski definition) is 0. The number of nitrogens with zero attached hydrogens (tertiary/aromatic N) is 2. The molecule has 4 nitrogen and oxygen atoms in total. The molecule has 0 bridgehead atoms. The maximum absolute atomic E-state index is 11.7. The van der Waals surface area contributed by atoms with Crippen LogP contribution in [0.25, 0.3) is 22.4 Å². The summed E-state index contributed by atoms with van der Waals surface area (Å²) in [4.78, 5) is 0.306. The summed E-state index contributed by atoms with van der Waals surface area (Å²) in [6, 6.07) is 15.2. The Hall–Kier alpha value is -2.66. The van der Waals surface area contributed by atoms with Gasteiger partial charge in [-0.1, -0.05) is 48.0 Å². The lowest BCUT2D eigenvalue weighted by atomic mass is 9.98. The van der Waals surface area contributed by atoms with Crippen molar-refractivity contribution in [3.8, 4) is 22.4 Å². The molecule has 26 heavy (non-hydrogen) atoms. The Balaban J connectivity index is 2.18. The van der Waals surface area contributed by atoms with Gasteiger partial charge in [0, 0.05) is 23.1 Å². The molecule has 5 heteroatoms. The standard InChI is InChI=1S/C21H22N2O2S/c1-5-14-23-16(3)20(17-8-6-15(2)7-9-17)21(22-23)18-10-12-19(13-11-18)26(4,24)25/h5-13H,1,14H2,2-4H3. The Morgan fingerprint density at radius 2 is 1.58 bits per heavy atom. The number of hydrogen-bond acceptors (Lipinski definition) is 3. The van der Waals surface area contributed by atoms with Crippen molar-refractivity contribution in [3.05, 3.63) is 72.4 Å². The van der Waals surface area contributed by atoms with Crippen LogP contribution in [0.4, 0.5) is 0 Å². The Morgan fingerprint density at radius 3 is 2.12 bits per heavy atom. The van der Waals surface area contributed by atoms with E-state index in [2.05, 4.69) is 37.8 Å². The van der Waals surface area contributed by atoms with Crippen molar-refractivity contribution in [3.63, 3.8) is 0 Å². The second kappa shape index (κ2) is 6.92. The van der Waals surface area contributed by atoms with Crippen molar-refractivity contribution >= 4 is 9.84 Å². The average molecular weight is 366 g/mol. The number of sulfone groups is 1. The van der Waals surface area contributed by atoms with E-state index in [0.29, 0.717) is 11.4 Å². The SMILES string of the molecule is C=CCn1nc(-c2ccc(S(C)(=O)=O)cc2)c(-c2ccc(C)cc2)c1C. The molecule has 1 aromatic heterocycles. The van der Waals surface area contributed by atoms with Crippen molar-refractivity contribution in [2.24, 2.45) is 0 Å². The summed E-state index contributed by atoms with van der Waals surface area (Å²) in [5.41, 5.74) is 6.12. The molecule has 0 saturated heterocycles. The zero-order chi connectivity index (χ0) is 18.9. The molecule has 134 valence electrons. The minimum absolute atomic E-state index is 0.306. The van der Waals surface area contributed by atoms with E-state index in [9.17, 15) is 8.42 Å². The first-order valence-corrected chi connectivity index (χ1v) is 10.3. The fraction of sp³-hybridized carbons (Fsp3) is 0.190. The molecule has 0 unspecified atom stereocenters. The van der Waals surface area contributed by atoms with Crippen molar-refractivity contribution in [1.82, 2.24) is 9.78 Å². The van der Waals surface area contributed by atoms with Crippen LogP contribution in [0.2, 0.25) is 0 Å². The van der Waals surface area contributed by atoms with Gasteiger partial charge in [0.1, 0.15) is 5.69 Å². The third-order valence-corrected chi connectivity index (χ3v) is 5.53. The van der Waals surface area contributed by atoms with E-state index < -0.39 is 9.84 Å². The van der Waals surface area contributed by atoms with Crippen LogP contribution >= 0.6 is 0 Å². The summed E-state index contributed by atoms with van der Waals surface area (Å²) in [6.45, 7) is 8.52. The molecule has 0 aliphatic carbocycles. The molecule has 1 heterocycles. The first-order valence-electron chi connectivity index (χ1n) is 8.37. The topological polar surface area (TPSA) is 52.0 Å². The number of allylic oxidation sites excluding steroid dienone is 1. The van der Waals surface area contributed by atoms with Gasteiger partial charge in [-0.25, -0.2) is 8.42 Å². The maximum atomic E-state index is 11.7. The average Bonchev–Trinajstić information content (AvgIpc) is 2.92. The summed E-state index contributed by atoms with van der Waals surface area (Å²) in [5, 5.41) is 4.76. The third kappa shape index (κ3) is 3.48. The molecule has 0 aliphatic heterocycles. The predicted molar refractivity (Wildman–Crippen MR) is 106 cm³/mol. The van der Waals surface area contributed by atoms with Gasteiger partial charge in [0.15, 0.2) is 9.84 Å². The van der Waals surface area contributed by atoms with Crippen molar-refractivity contribution in [1.29, 1.82) is 0 Å². The second-order valence-electron chi connectivity index (χ2n) is 6.44. The van der Waals surface area contributed by atoms with Crippen molar-refractivity contribution < 1.29 is 8.42 Å². The Labute approximate surface area is 154 Å². The molecule has 0 amide bonds. The fourth-order valence-electron chi connectivity index (χ4n) is 2.97.